The number of halogens is 3. The van der Waals surface area contributed by atoms with Crippen LogP contribution in [0.3, 0.4) is 0 Å². The lowest BCUT2D eigenvalue weighted by molar-refractivity contribution is -0.137. The maximum atomic E-state index is 12.5. The summed E-state index contributed by atoms with van der Waals surface area (Å²) in [6.45, 7) is 0.469. The lowest BCUT2D eigenvalue weighted by atomic mass is 10.3. The summed E-state index contributed by atoms with van der Waals surface area (Å²) in [5.74, 6) is -0.551. The number of hydrogen-bond acceptors (Lipinski definition) is 5. The van der Waals surface area contributed by atoms with Crippen molar-refractivity contribution in [1.29, 1.82) is 0 Å². The van der Waals surface area contributed by atoms with Crippen molar-refractivity contribution in [2.24, 2.45) is 0 Å². The molecular weight excluding hydrogens is 225 g/mol. The van der Waals surface area contributed by atoms with E-state index in [2.05, 4.69) is 15.3 Å². The van der Waals surface area contributed by atoms with E-state index in [-0.39, 0.29) is 24.9 Å². The molecule has 8 heteroatoms. The average molecular weight is 236 g/mol. The Labute approximate surface area is 89.8 Å². The van der Waals surface area contributed by atoms with Crippen LogP contribution in [0.15, 0.2) is 6.20 Å². The van der Waals surface area contributed by atoms with E-state index in [9.17, 15) is 13.2 Å². The van der Waals surface area contributed by atoms with Crippen molar-refractivity contribution in [2.45, 2.75) is 6.18 Å². The van der Waals surface area contributed by atoms with Gasteiger partial charge in [-0.2, -0.15) is 18.2 Å². The van der Waals surface area contributed by atoms with Crippen LogP contribution in [0.25, 0.3) is 0 Å². The van der Waals surface area contributed by atoms with E-state index in [1.54, 1.807) is 0 Å². The fourth-order valence-electron chi connectivity index (χ4n) is 1.01. The summed E-state index contributed by atoms with van der Waals surface area (Å²) in [5.41, 5.74) is 4.27. The lowest BCUT2D eigenvalue weighted by Gasteiger charge is -2.12. The Kier molecular flexibility index (Phi) is 3.88. The molecular formula is C8H11F3N4O. The maximum absolute atomic E-state index is 12.5. The number of hydrogen-bond donors (Lipinski definition) is 2. The fourth-order valence-corrected chi connectivity index (χ4v) is 1.01. The molecule has 0 saturated carbocycles. The Morgan fingerprint density at radius 3 is 2.75 bits per heavy atom. The van der Waals surface area contributed by atoms with Crippen molar-refractivity contribution in [3.63, 3.8) is 0 Å². The Bertz CT molecular complexity index is 356. The second-order valence-electron chi connectivity index (χ2n) is 2.91. The molecule has 0 aliphatic rings. The van der Waals surface area contributed by atoms with Crippen LogP contribution >= 0.6 is 0 Å². The number of nitrogen functional groups attached to an aromatic ring is 1. The molecule has 0 unspecified atom stereocenters. The van der Waals surface area contributed by atoms with Gasteiger partial charge < -0.3 is 15.8 Å². The second kappa shape index (κ2) is 4.97. The van der Waals surface area contributed by atoms with Gasteiger partial charge in [-0.25, -0.2) is 4.98 Å². The molecule has 1 aromatic heterocycles. The van der Waals surface area contributed by atoms with Gasteiger partial charge in [-0.3, -0.25) is 0 Å². The lowest BCUT2D eigenvalue weighted by Crippen LogP contribution is -2.16. The number of ether oxygens (including phenoxy) is 1. The molecule has 16 heavy (non-hydrogen) atoms. The highest BCUT2D eigenvalue weighted by atomic mass is 19.4. The molecule has 1 heterocycles. The molecule has 0 aliphatic carbocycles. The topological polar surface area (TPSA) is 73.1 Å². The number of methoxy groups -OCH3 is 1. The van der Waals surface area contributed by atoms with Gasteiger partial charge in [0.2, 0.25) is 5.95 Å². The molecule has 1 rings (SSSR count). The normalized spacial score (nSPS) is 11.5. The molecule has 0 spiro atoms. The van der Waals surface area contributed by atoms with Crippen molar-refractivity contribution in [3.8, 4) is 0 Å². The van der Waals surface area contributed by atoms with E-state index >= 15 is 0 Å². The summed E-state index contributed by atoms with van der Waals surface area (Å²) in [5, 5.41) is 2.49. The van der Waals surface area contributed by atoms with E-state index < -0.39 is 11.7 Å². The molecule has 5 nitrogen and oxygen atoms in total. The summed E-state index contributed by atoms with van der Waals surface area (Å²) in [6.07, 6.45) is -3.86. The molecule has 0 aromatic carbocycles. The maximum Gasteiger partial charge on any atom is 0.421 e. The summed E-state index contributed by atoms with van der Waals surface area (Å²) >= 11 is 0. The molecule has 0 atom stereocenters. The first-order valence-corrected chi connectivity index (χ1v) is 4.37. The number of anilines is 2. The van der Waals surface area contributed by atoms with Gasteiger partial charge in [0.1, 0.15) is 11.4 Å². The standard InChI is InChI=1S/C8H11F3N4O/c1-16-3-2-13-6-5(8(9,10)11)4-14-7(12)15-6/h4H,2-3H2,1H3,(H3,12,13,14,15). The number of alkyl halides is 3. The van der Waals surface area contributed by atoms with Crippen LogP contribution in [0.4, 0.5) is 24.9 Å². The summed E-state index contributed by atoms with van der Waals surface area (Å²) in [6, 6.07) is 0. The number of nitrogens with zero attached hydrogens (tertiary/aromatic N) is 2. The van der Waals surface area contributed by atoms with E-state index in [0.29, 0.717) is 6.20 Å². The van der Waals surface area contributed by atoms with Crippen molar-refractivity contribution >= 4 is 11.8 Å². The number of nitrogens with one attached hydrogen (secondary N) is 1. The summed E-state index contributed by atoms with van der Waals surface area (Å²) in [7, 11) is 1.45. The molecule has 1 aromatic rings. The van der Waals surface area contributed by atoms with Crippen molar-refractivity contribution in [3.05, 3.63) is 11.8 Å². The molecule has 0 bridgehead atoms. The fraction of sp³-hybridized carbons (Fsp3) is 0.500. The van der Waals surface area contributed by atoms with Gasteiger partial charge in [-0.1, -0.05) is 0 Å². The molecule has 3 N–H and O–H groups in total. The van der Waals surface area contributed by atoms with Crippen LogP contribution in [0.2, 0.25) is 0 Å². The van der Waals surface area contributed by atoms with Gasteiger partial charge >= 0.3 is 6.18 Å². The average Bonchev–Trinajstić information content (AvgIpc) is 2.16. The van der Waals surface area contributed by atoms with Crippen LogP contribution in [0, 0.1) is 0 Å². The number of rotatable bonds is 4. The Morgan fingerprint density at radius 2 is 2.19 bits per heavy atom. The van der Waals surface area contributed by atoms with Gasteiger partial charge in [0.05, 0.1) is 6.61 Å². The minimum absolute atomic E-state index is 0.204. The third-order valence-electron chi connectivity index (χ3n) is 1.71. The summed E-state index contributed by atoms with van der Waals surface area (Å²) < 4.78 is 42.2. The van der Waals surface area contributed by atoms with Gasteiger partial charge in [-0.15, -0.1) is 0 Å². The van der Waals surface area contributed by atoms with E-state index in [4.69, 9.17) is 10.5 Å². The Morgan fingerprint density at radius 1 is 1.50 bits per heavy atom. The van der Waals surface area contributed by atoms with E-state index in [1.165, 1.54) is 7.11 Å². The quantitative estimate of drug-likeness (QED) is 0.767. The van der Waals surface area contributed by atoms with Crippen molar-refractivity contribution in [1.82, 2.24) is 9.97 Å². The molecule has 90 valence electrons. The third kappa shape index (κ3) is 3.23. The molecule has 0 aliphatic heterocycles. The van der Waals surface area contributed by atoms with Crippen molar-refractivity contribution in [2.75, 3.05) is 31.3 Å². The Hall–Kier alpha value is -1.57. The number of nitrogens with two attached hydrogens (primary N) is 1. The first-order valence-electron chi connectivity index (χ1n) is 4.37. The van der Waals surface area contributed by atoms with Crippen LogP contribution in [0.5, 0.6) is 0 Å². The minimum Gasteiger partial charge on any atom is -0.383 e. The zero-order valence-electron chi connectivity index (χ0n) is 8.51. The molecule has 0 radical (unpaired) electrons. The number of aromatic nitrogens is 2. The smallest absolute Gasteiger partial charge is 0.383 e. The van der Waals surface area contributed by atoms with Gasteiger partial charge in [0.15, 0.2) is 0 Å². The van der Waals surface area contributed by atoms with E-state index in [0.717, 1.165) is 0 Å². The van der Waals surface area contributed by atoms with Crippen LogP contribution in [-0.2, 0) is 10.9 Å². The van der Waals surface area contributed by atoms with Crippen molar-refractivity contribution < 1.29 is 17.9 Å². The van der Waals surface area contributed by atoms with Crippen LogP contribution in [0.1, 0.15) is 5.56 Å². The third-order valence-corrected chi connectivity index (χ3v) is 1.71. The van der Waals surface area contributed by atoms with Gasteiger partial charge in [0.25, 0.3) is 0 Å². The second-order valence-corrected chi connectivity index (χ2v) is 2.91. The predicted molar refractivity (Wildman–Crippen MR) is 51.8 cm³/mol. The highest BCUT2D eigenvalue weighted by Crippen LogP contribution is 2.33. The monoisotopic (exact) mass is 236 g/mol. The Balaban J connectivity index is 2.90. The largest absolute Gasteiger partial charge is 0.421 e. The van der Waals surface area contributed by atoms with Gasteiger partial charge in [0, 0.05) is 19.9 Å². The van der Waals surface area contributed by atoms with Crippen LogP contribution < -0.4 is 11.1 Å². The SMILES string of the molecule is COCCNc1nc(N)ncc1C(F)(F)F. The first-order chi connectivity index (χ1) is 7.45. The van der Waals surface area contributed by atoms with E-state index in [1.807, 2.05) is 0 Å². The summed E-state index contributed by atoms with van der Waals surface area (Å²) in [4.78, 5) is 6.80. The highest BCUT2D eigenvalue weighted by molar-refractivity contribution is 5.47. The zero-order valence-corrected chi connectivity index (χ0v) is 8.51. The van der Waals surface area contributed by atoms with Crippen LogP contribution in [-0.4, -0.2) is 30.2 Å². The highest BCUT2D eigenvalue weighted by Gasteiger charge is 2.35. The predicted octanol–water partition coefficient (Wildman–Crippen LogP) is 1.14. The van der Waals surface area contributed by atoms with Gasteiger partial charge in [-0.05, 0) is 0 Å². The molecule has 0 fully saturated rings. The minimum atomic E-state index is -4.51. The zero-order chi connectivity index (χ0) is 12.2. The molecule has 0 saturated heterocycles. The first kappa shape index (κ1) is 12.5. The molecule has 0 amide bonds.